The van der Waals surface area contributed by atoms with E-state index in [9.17, 15) is 13.6 Å². The molecule has 0 bridgehead atoms. The van der Waals surface area contributed by atoms with Gasteiger partial charge in [-0.2, -0.15) is 5.10 Å². The lowest BCUT2D eigenvalue weighted by Crippen LogP contribution is -2.45. The van der Waals surface area contributed by atoms with Crippen molar-refractivity contribution in [3.63, 3.8) is 0 Å². The number of amides is 1. The zero-order valence-corrected chi connectivity index (χ0v) is 14.8. The molecule has 0 saturated heterocycles. The van der Waals surface area contributed by atoms with Crippen molar-refractivity contribution >= 4 is 17.5 Å². The van der Waals surface area contributed by atoms with E-state index in [1.54, 1.807) is 22.9 Å². The molecule has 27 heavy (non-hydrogen) atoms. The number of hydrogen-bond donors (Lipinski definition) is 2. The molecule has 4 rings (SSSR count). The summed E-state index contributed by atoms with van der Waals surface area (Å²) in [5.41, 5.74) is 2.05. The van der Waals surface area contributed by atoms with Crippen LogP contribution in [0.5, 0.6) is 0 Å². The highest BCUT2D eigenvalue weighted by molar-refractivity contribution is 6.30. The first-order chi connectivity index (χ1) is 13.0. The van der Waals surface area contributed by atoms with Crippen molar-refractivity contribution in [2.75, 3.05) is 6.54 Å². The van der Waals surface area contributed by atoms with E-state index in [0.29, 0.717) is 16.4 Å². The van der Waals surface area contributed by atoms with Gasteiger partial charge in [-0.05, 0) is 36.4 Å². The molecule has 138 valence electrons. The minimum absolute atomic E-state index is 0.0969. The SMILES string of the molecule is O=C1NC[C@@H](NCc2cc(F)ccc2F)n2nc(-c3ccc(Cl)cc3)cc21. The van der Waals surface area contributed by atoms with Crippen LogP contribution in [0.4, 0.5) is 8.78 Å². The van der Waals surface area contributed by atoms with Crippen molar-refractivity contribution in [1.82, 2.24) is 20.4 Å². The molecule has 2 aromatic carbocycles. The molecule has 5 nitrogen and oxygen atoms in total. The Bertz CT molecular complexity index is 1000. The molecular weight excluding hydrogens is 374 g/mol. The zero-order valence-electron chi connectivity index (χ0n) is 14.0. The van der Waals surface area contributed by atoms with Gasteiger partial charge in [0, 0.05) is 22.7 Å². The Balaban J connectivity index is 1.60. The summed E-state index contributed by atoms with van der Waals surface area (Å²) in [4.78, 5) is 12.2. The summed E-state index contributed by atoms with van der Waals surface area (Å²) in [6.07, 6.45) is -0.388. The Hall–Kier alpha value is -2.77. The molecule has 0 fully saturated rings. The quantitative estimate of drug-likeness (QED) is 0.719. The first-order valence-electron chi connectivity index (χ1n) is 8.32. The predicted molar refractivity (Wildman–Crippen MR) is 97.2 cm³/mol. The fraction of sp³-hybridized carbons (Fsp3) is 0.158. The minimum atomic E-state index is -0.505. The number of aromatic nitrogens is 2. The van der Waals surface area contributed by atoms with Gasteiger partial charge in [-0.25, -0.2) is 13.5 Å². The van der Waals surface area contributed by atoms with Gasteiger partial charge >= 0.3 is 0 Å². The second-order valence-corrected chi connectivity index (χ2v) is 6.65. The van der Waals surface area contributed by atoms with Crippen LogP contribution in [0.3, 0.4) is 0 Å². The maximum absolute atomic E-state index is 13.8. The van der Waals surface area contributed by atoms with Crippen LogP contribution < -0.4 is 10.6 Å². The van der Waals surface area contributed by atoms with E-state index in [1.807, 2.05) is 12.1 Å². The largest absolute Gasteiger partial charge is 0.347 e. The lowest BCUT2D eigenvalue weighted by molar-refractivity contribution is 0.0900. The van der Waals surface area contributed by atoms with Crippen LogP contribution >= 0.6 is 11.6 Å². The number of benzene rings is 2. The number of fused-ring (bicyclic) bond motifs is 1. The molecule has 2 N–H and O–H groups in total. The summed E-state index contributed by atoms with van der Waals surface area (Å²) in [5.74, 6) is -1.24. The van der Waals surface area contributed by atoms with Crippen molar-refractivity contribution in [3.05, 3.63) is 76.4 Å². The molecule has 8 heteroatoms. The Kier molecular flexibility index (Phi) is 4.63. The van der Waals surface area contributed by atoms with Gasteiger partial charge in [0.2, 0.25) is 0 Å². The van der Waals surface area contributed by atoms with Crippen LogP contribution in [0.1, 0.15) is 22.2 Å². The Morgan fingerprint density at radius 2 is 1.96 bits per heavy atom. The average Bonchev–Trinajstić information content (AvgIpc) is 3.11. The molecule has 3 aromatic rings. The smallest absolute Gasteiger partial charge is 0.269 e. The Morgan fingerprint density at radius 3 is 2.74 bits per heavy atom. The first kappa shape index (κ1) is 17.6. The fourth-order valence-corrected chi connectivity index (χ4v) is 3.12. The monoisotopic (exact) mass is 388 g/mol. The standard InChI is InChI=1S/C19H15ClF2N4O/c20-13-3-1-11(2-4-13)16-8-17-19(27)24-10-18(26(17)25-16)23-9-12-7-14(21)5-6-15(12)22/h1-8,18,23H,9-10H2,(H,24,27)/t18-/m0/s1. The third-order valence-electron chi connectivity index (χ3n) is 4.40. The van der Waals surface area contributed by atoms with Crippen LogP contribution in [0, 0.1) is 11.6 Å². The highest BCUT2D eigenvalue weighted by Gasteiger charge is 2.27. The highest BCUT2D eigenvalue weighted by atomic mass is 35.5. The summed E-state index contributed by atoms with van der Waals surface area (Å²) in [6, 6.07) is 12.1. The van der Waals surface area contributed by atoms with Gasteiger partial charge < -0.3 is 5.32 Å². The summed E-state index contributed by atoms with van der Waals surface area (Å²) < 4.78 is 28.7. The van der Waals surface area contributed by atoms with Crippen molar-refractivity contribution < 1.29 is 13.6 Å². The first-order valence-corrected chi connectivity index (χ1v) is 8.70. The van der Waals surface area contributed by atoms with E-state index in [0.717, 1.165) is 23.8 Å². The lowest BCUT2D eigenvalue weighted by Gasteiger charge is -2.26. The Morgan fingerprint density at radius 1 is 1.19 bits per heavy atom. The van der Waals surface area contributed by atoms with Crippen molar-refractivity contribution in [1.29, 1.82) is 0 Å². The van der Waals surface area contributed by atoms with Gasteiger partial charge in [0.1, 0.15) is 23.5 Å². The third kappa shape index (κ3) is 3.56. The van der Waals surface area contributed by atoms with E-state index in [1.165, 1.54) is 0 Å². The molecule has 1 aliphatic heterocycles. The van der Waals surface area contributed by atoms with Gasteiger partial charge in [-0.1, -0.05) is 23.7 Å². The Labute approximate surface area is 159 Å². The highest BCUT2D eigenvalue weighted by Crippen LogP contribution is 2.24. The topological polar surface area (TPSA) is 59.0 Å². The molecule has 0 saturated carbocycles. The summed E-state index contributed by atoms with van der Waals surface area (Å²) in [5, 5.41) is 11.0. The fourth-order valence-electron chi connectivity index (χ4n) is 2.99. The molecular formula is C19H15ClF2N4O. The molecule has 1 aliphatic rings. The minimum Gasteiger partial charge on any atom is -0.347 e. The zero-order chi connectivity index (χ0) is 19.0. The lowest BCUT2D eigenvalue weighted by atomic mass is 10.1. The second-order valence-electron chi connectivity index (χ2n) is 6.21. The number of halogens is 3. The molecule has 1 amide bonds. The van der Waals surface area contributed by atoms with E-state index in [2.05, 4.69) is 15.7 Å². The molecule has 0 radical (unpaired) electrons. The van der Waals surface area contributed by atoms with E-state index in [4.69, 9.17) is 11.6 Å². The second kappa shape index (κ2) is 7.09. The van der Waals surface area contributed by atoms with E-state index in [-0.39, 0.29) is 30.7 Å². The normalized spacial score (nSPS) is 16.1. The van der Waals surface area contributed by atoms with Gasteiger partial charge in [0.05, 0.1) is 12.2 Å². The van der Waals surface area contributed by atoms with Crippen LogP contribution in [0.15, 0.2) is 48.5 Å². The van der Waals surface area contributed by atoms with E-state index < -0.39 is 11.6 Å². The number of carbonyl (C=O) groups excluding carboxylic acids is 1. The number of nitrogens with zero attached hydrogens (tertiary/aromatic N) is 2. The van der Waals surface area contributed by atoms with Crippen LogP contribution in [0.25, 0.3) is 11.3 Å². The predicted octanol–water partition coefficient (Wildman–Crippen LogP) is 3.51. The van der Waals surface area contributed by atoms with Gasteiger partial charge in [-0.3, -0.25) is 10.1 Å². The molecule has 0 aliphatic carbocycles. The van der Waals surface area contributed by atoms with E-state index >= 15 is 0 Å². The van der Waals surface area contributed by atoms with Gasteiger partial charge in [0.15, 0.2) is 0 Å². The van der Waals surface area contributed by atoms with Crippen molar-refractivity contribution in [3.8, 4) is 11.3 Å². The third-order valence-corrected chi connectivity index (χ3v) is 4.65. The molecule has 2 heterocycles. The number of rotatable bonds is 4. The maximum Gasteiger partial charge on any atom is 0.269 e. The van der Waals surface area contributed by atoms with Crippen LogP contribution in [0.2, 0.25) is 5.02 Å². The van der Waals surface area contributed by atoms with Crippen LogP contribution in [-0.2, 0) is 6.54 Å². The maximum atomic E-state index is 13.8. The van der Waals surface area contributed by atoms with Gasteiger partial charge in [0.25, 0.3) is 5.91 Å². The summed E-state index contributed by atoms with van der Waals surface area (Å²) in [7, 11) is 0. The summed E-state index contributed by atoms with van der Waals surface area (Å²) >= 11 is 5.91. The average molecular weight is 389 g/mol. The number of hydrogen-bond acceptors (Lipinski definition) is 3. The number of nitrogens with one attached hydrogen (secondary N) is 2. The molecule has 1 aromatic heterocycles. The molecule has 1 atom stereocenters. The molecule has 0 unspecified atom stereocenters. The van der Waals surface area contributed by atoms with Crippen molar-refractivity contribution in [2.24, 2.45) is 0 Å². The summed E-state index contributed by atoms with van der Waals surface area (Å²) in [6.45, 7) is 0.379. The molecule has 0 spiro atoms. The van der Waals surface area contributed by atoms with Crippen LogP contribution in [-0.4, -0.2) is 22.2 Å². The van der Waals surface area contributed by atoms with Crippen molar-refractivity contribution in [2.45, 2.75) is 12.7 Å². The number of carbonyl (C=O) groups is 1. The van der Waals surface area contributed by atoms with Gasteiger partial charge in [-0.15, -0.1) is 0 Å².